The molecule has 0 saturated carbocycles. The van der Waals surface area contributed by atoms with Gasteiger partial charge in [-0.05, 0) is 60.7 Å². The molecule has 0 unspecified atom stereocenters. The minimum absolute atomic E-state index is 0.0493. The van der Waals surface area contributed by atoms with Gasteiger partial charge in [0, 0.05) is 9.86 Å². The molecule has 33 heavy (non-hydrogen) atoms. The van der Waals surface area contributed by atoms with E-state index >= 15 is 0 Å². The molecule has 0 saturated heterocycles. The van der Waals surface area contributed by atoms with Crippen molar-refractivity contribution in [3.8, 4) is 0 Å². The fourth-order valence-electron chi connectivity index (χ4n) is 3.06. The molecule has 170 valence electrons. The summed E-state index contributed by atoms with van der Waals surface area (Å²) in [6.07, 6.45) is 0. The van der Waals surface area contributed by atoms with Crippen molar-refractivity contribution in [3.63, 3.8) is 0 Å². The number of anilines is 1. The van der Waals surface area contributed by atoms with E-state index in [4.69, 9.17) is 9.56 Å². The molecule has 11 heteroatoms. The number of nitrogens with one attached hydrogen (secondary N) is 1. The topological polar surface area (TPSA) is 132 Å². The van der Waals surface area contributed by atoms with Crippen LogP contribution in [0.3, 0.4) is 0 Å². The van der Waals surface area contributed by atoms with Gasteiger partial charge >= 0.3 is 0 Å². The fraction of sp³-hybridized carbons (Fsp3) is 0.0455. The number of hydrogen-bond acceptors (Lipinski definition) is 7. The number of sulfonamides is 1. The monoisotopic (exact) mass is 547 g/mol. The van der Waals surface area contributed by atoms with Crippen LogP contribution >= 0.6 is 15.9 Å². The Morgan fingerprint density at radius 2 is 1.61 bits per heavy atom. The van der Waals surface area contributed by atoms with Crippen molar-refractivity contribution >= 4 is 58.2 Å². The van der Waals surface area contributed by atoms with Gasteiger partial charge in [-0.25, -0.2) is 22.0 Å². The van der Waals surface area contributed by atoms with Crippen molar-refractivity contribution in [1.29, 1.82) is 0 Å². The lowest BCUT2D eigenvalue weighted by molar-refractivity contribution is 0.594. The number of hydrazone groups is 1. The summed E-state index contributed by atoms with van der Waals surface area (Å²) in [7, 11) is -7.55. The number of nitrogens with two attached hydrogens (primary N) is 1. The smallest absolute Gasteiger partial charge is 0.238 e. The Kier molecular flexibility index (Phi) is 6.39. The molecule has 8 nitrogen and oxygen atoms in total. The largest absolute Gasteiger partial charge is 0.455 e. The number of benzene rings is 3. The average molecular weight is 548 g/mol. The third-order valence-electron chi connectivity index (χ3n) is 4.69. The third kappa shape index (κ3) is 5.50. The third-order valence-corrected chi connectivity index (χ3v) is 7.76. The van der Waals surface area contributed by atoms with Gasteiger partial charge in [0.05, 0.1) is 15.5 Å². The van der Waals surface area contributed by atoms with Crippen LogP contribution in [0.1, 0.15) is 5.76 Å². The highest BCUT2D eigenvalue weighted by Gasteiger charge is 2.22. The number of rotatable bonds is 7. The van der Waals surface area contributed by atoms with Crippen molar-refractivity contribution in [2.24, 2.45) is 10.2 Å². The van der Waals surface area contributed by atoms with Crippen LogP contribution in [0.25, 0.3) is 11.0 Å². The Hall–Kier alpha value is -2.99. The zero-order chi connectivity index (χ0) is 23.6. The van der Waals surface area contributed by atoms with Crippen molar-refractivity contribution < 1.29 is 21.3 Å². The average Bonchev–Trinajstić information content (AvgIpc) is 3.20. The van der Waals surface area contributed by atoms with E-state index in [2.05, 4.69) is 26.5 Å². The first-order valence-corrected chi connectivity index (χ1v) is 13.5. The first-order valence-electron chi connectivity index (χ1n) is 9.54. The summed E-state index contributed by atoms with van der Waals surface area (Å²) in [4.78, 5) is 0.112. The molecule has 0 amide bonds. The highest BCUT2D eigenvalue weighted by atomic mass is 79.9. The molecule has 0 fully saturated rings. The number of sulfone groups is 1. The Morgan fingerprint density at radius 1 is 0.909 bits per heavy atom. The summed E-state index contributed by atoms with van der Waals surface area (Å²) in [5, 5.41) is 10.2. The van der Waals surface area contributed by atoms with Crippen LogP contribution in [-0.2, 0) is 19.9 Å². The highest BCUT2D eigenvalue weighted by Crippen LogP contribution is 2.25. The molecule has 3 aromatic carbocycles. The quantitative estimate of drug-likeness (QED) is 0.264. The molecular formula is C22H18BrN3O5S2. The van der Waals surface area contributed by atoms with Gasteiger partial charge in [-0.1, -0.05) is 34.1 Å². The summed E-state index contributed by atoms with van der Waals surface area (Å²) in [5.74, 6) is -0.128. The fourth-order valence-corrected chi connectivity index (χ4v) is 5.26. The van der Waals surface area contributed by atoms with Gasteiger partial charge in [-0.3, -0.25) is 5.43 Å². The second kappa shape index (κ2) is 9.10. The first-order chi connectivity index (χ1) is 15.6. The van der Waals surface area contributed by atoms with E-state index in [0.717, 1.165) is 9.86 Å². The van der Waals surface area contributed by atoms with E-state index < -0.39 is 25.6 Å². The Balaban J connectivity index is 1.71. The number of hydrogen-bond donors (Lipinski definition) is 2. The number of fused-ring (bicyclic) bond motifs is 1. The molecule has 0 aliphatic rings. The van der Waals surface area contributed by atoms with E-state index in [-0.39, 0.29) is 21.3 Å². The predicted octanol–water partition coefficient (Wildman–Crippen LogP) is 4.13. The molecule has 4 rings (SSSR count). The number of primary sulfonamides is 1. The molecule has 1 heterocycles. The second-order valence-electron chi connectivity index (χ2n) is 7.10. The standard InChI is InChI=1S/C22H18BrN3O5S2/c23-16-6-11-21-15(12-16)13-22(31-21)20(14-32(27,28)18-4-2-1-3-5-18)26-25-17-7-9-19(10-8-17)33(24,29)30/h1-13,25H,14H2,(H2,24,29,30)/b26-20+. The van der Waals surface area contributed by atoms with Crippen molar-refractivity contribution in [2.45, 2.75) is 9.79 Å². The summed E-state index contributed by atoms with van der Waals surface area (Å²) in [6.45, 7) is 0. The van der Waals surface area contributed by atoms with Gasteiger partial charge < -0.3 is 4.42 Å². The van der Waals surface area contributed by atoms with Crippen molar-refractivity contribution in [2.75, 3.05) is 11.2 Å². The summed E-state index contributed by atoms with van der Waals surface area (Å²) >= 11 is 3.41. The molecule has 0 atom stereocenters. The van der Waals surface area contributed by atoms with E-state index in [1.165, 1.54) is 36.4 Å². The van der Waals surface area contributed by atoms with E-state index in [1.807, 2.05) is 12.1 Å². The maximum atomic E-state index is 13.0. The molecule has 0 bridgehead atoms. The van der Waals surface area contributed by atoms with Gasteiger partial charge in [0.2, 0.25) is 10.0 Å². The second-order valence-corrected chi connectivity index (χ2v) is 11.6. The molecule has 0 aliphatic heterocycles. The lowest BCUT2D eigenvalue weighted by Crippen LogP contribution is -2.18. The van der Waals surface area contributed by atoms with Crippen LogP contribution < -0.4 is 10.6 Å². The minimum atomic E-state index is -3.83. The molecular weight excluding hydrogens is 530 g/mol. The SMILES string of the molecule is NS(=O)(=O)c1ccc(N/N=C(\CS(=O)(=O)c2ccccc2)c2cc3cc(Br)ccc3o2)cc1. The van der Waals surface area contributed by atoms with Crippen molar-refractivity contribution in [1.82, 2.24) is 0 Å². The summed E-state index contributed by atoms with van der Waals surface area (Å²) in [5.41, 5.74) is 3.94. The lowest BCUT2D eigenvalue weighted by atomic mass is 10.2. The molecule has 4 aromatic rings. The maximum absolute atomic E-state index is 13.0. The highest BCUT2D eigenvalue weighted by molar-refractivity contribution is 9.10. The van der Waals surface area contributed by atoms with Crippen LogP contribution in [0.15, 0.2) is 103 Å². The van der Waals surface area contributed by atoms with Crippen LogP contribution in [-0.4, -0.2) is 28.3 Å². The van der Waals surface area contributed by atoms with E-state index in [9.17, 15) is 16.8 Å². The zero-order valence-electron chi connectivity index (χ0n) is 17.0. The number of furan rings is 1. The summed E-state index contributed by atoms with van der Waals surface area (Å²) in [6, 6.07) is 20.8. The van der Waals surface area contributed by atoms with Gasteiger partial charge in [0.25, 0.3) is 0 Å². The lowest BCUT2D eigenvalue weighted by Gasteiger charge is -2.08. The molecule has 1 aromatic heterocycles. The maximum Gasteiger partial charge on any atom is 0.238 e. The van der Waals surface area contributed by atoms with Crippen LogP contribution in [0, 0.1) is 0 Å². The predicted molar refractivity (Wildman–Crippen MR) is 130 cm³/mol. The van der Waals surface area contributed by atoms with Gasteiger partial charge in [0.1, 0.15) is 17.0 Å². The van der Waals surface area contributed by atoms with E-state index in [0.29, 0.717) is 11.3 Å². The number of halogens is 1. The van der Waals surface area contributed by atoms with Gasteiger partial charge in [0.15, 0.2) is 15.6 Å². The number of nitrogens with zero attached hydrogens (tertiary/aromatic N) is 1. The molecule has 0 spiro atoms. The normalized spacial score (nSPS) is 12.7. The van der Waals surface area contributed by atoms with Gasteiger partial charge in [-0.2, -0.15) is 5.10 Å². The minimum Gasteiger partial charge on any atom is -0.455 e. The zero-order valence-corrected chi connectivity index (χ0v) is 20.2. The Morgan fingerprint density at radius 3 is 2.27 bits per heavy atom. The molecule has 0 aliphatic carbocycles. The van der Waals surface area contributed by atoms with Gasteiger partial charge in [-0.15, -0.1) is 0 Å². The van der Waals surface area contributed by atoms with Crippen LogP contribution in [0.2, 0.25) is 0 Å². The summed E-state index contributed by atoms with van der Waals surface area (Å²) < 4.78 is 55.6. The van der Waals surface area contributed by atoms with Crippen LogP contribution in [0.5, 0.6) is 0 Å². The Labute approximate surface area is 199 Å². The molecule has 0 radical (unpaired) electrons. The van der Waals surface area contributed by atoms with Crippen molar-refractivity contribution in [3.05, 3.63) is 89.1 Å². The molecule has 3 N–H and O–H groups in total. The van der Waals surface area contributed by atoms with E-state index in [1.54, 1.807) is 30.3 Å². The van der Waals surface area contributed by atoms with Crippen LogP contribution in [0.4, 0.5) is 5.69 Å². The Bertz CT molecular complexity index is 1550. The first kappa shape index (κ1) is 23.2.